The fourth-order valence-electron chi connectivity index (χ4n) is 2.56. The van der Waals surface area contributed by atoms with Crippen LogP contribution in [0.3, 0.4) is 0 Å². The lowest BCUT2D eigenvalue weighted by molar-refractivity contribution is -0.384. The van der Waals surface area contributed by atoms with Crippen molar-refractivity contribution in [3.8, 4) is 0 Å². The Hall–Kier alpha value is -1.95. The lowest BCUT2D eigenvalue weighted by Crippen LogP contribution is -2.45. The van der Waals surface area contributed by atoms with Crippen molar-refractivity contribution >= 4 is 11.6 Å². The molecule has 0 radical (unpaired) electrons. The van der Waals surface area contributed by atoms with Crippen LogP contribution in [-0.2, 0) is 0 Å². The number of non-ortho nitro benzene ring substituents is 1. The summed E-state index contributed by atoms with van der Waals surface area (Å²) in [5.41, 5.74) is 6.21. The quantitative estimate of drug-likeness (QED) is 0.673. The average Bonchev–Trinajstić information content (AvgIpc) is 2.46. The molecule has 2 rings (SSSR count). The van der Waals surface area contributed by atoms with Gasteiger partial charge in [-0.1, -0.05) is 6.07 Å². The molecule has 0 spiro atoms. The minimum absolute atomic E-state index is 0.0516. The maximum atomic E-state index is 12.4. The third kappa shape index (κ3) is 3.14. The second kappa shape index (κ2) is 6.00. The highest BCUT2D eigenvalue weighted by Crippen LogP contribution is 2.22. The Kier molecular flexibility index (Phi) is 4.34. The molecule has 1 aliphatic rings. The van der Waals surface area contributed by atoms with E-state index in [1.807, 2.05) is 6.92 Å². The van der Waals surface area contributed by atoms with E-state index in [4.69, 9.17) is 5.73 Å². The van der Waals surface area contributed by atoms with Gasteiger partial charge in [-0.05, 0) is 31.7 Å². The number of nitro benzene ring substituents is 1. The van der Waals surface area contributed by atoms with Crippen molar-refractivity contribution in [2.24, 2.45) is 11.7 Å². The molecule has 0 aliphatic carbocycles. The molecule has 6 nitrogen and oxygen atoms in total. The van der Waals surface area contributed by atoms with E-state index in [9.17, 15) is 14.9 Å². The average molecular weight is 277 g/mol. The summed E-state index contributed by atoms with van der Waals surface area (Å²) in [5.74, 6) is 0.144. The molecular formula is C14H19N3O3. The van der Waals surface area contributed by atoms with Crippen molar-refractivity contribution in [2.75, 3.05) is 13.1 Å². The number of nitro groups is 1. The fraction of sp³-hybridized carbons (Fsp3) is 0.500. The summed E-state index contributed by atoms with van der Waals surface area (Å²) in [6, 6.07) is 5.93. The van der Waals surface area contributed by atoms with Gasteiger partial charge in [-0.15, -0.1) is 0 Å². The highest BCUT2D eigenvalue weighted by molar-refractivity contribution is 5.94. The molecule has 1 aromatic carbocycles. The lowest BCUT2D eigenvalue weighted by Gasteiger charge is -2.34. The molecule has 1 heterocycles. The van der Waals surface area contributed by atoms with Gasteiger partial charge in [0.2, 0.25) is 0 Å². The first kappa shape index (κ1) is 14.5. The Labute approximate surface area is 117 Å². The Morgan fingerprint density at radius 3 is 2.95 bits per heavy atom. The first-order chi connectivity index (χ1) is 9.49. The zero-order valence-electron chi connectivity index (χ0n) is 11.5. The number of nitrogens with two attached hydrogens (primary N) is 1. The van der Waals surface area contributed by atoms with Gasteiger partial charge in [-0.2, -0.15) is 0 Å². The van der Waals surface area contributed by atoms with Crippen molar-refractivity contribution in [2.45, 2.75) is 25.8 Å². The number of benzene rings is 1. The molecule has 108 valence electrons. The number of piperidine rings is 1. The summed E-state index contributed by atoms with van der Waals surface area (Å²) in [5, 5.41) is 10.8. The molecule has 2 unspecified atom stereocenters. The topological polar surface area (TPSA) is 89.5 Å². The van der Waals surface area contributed by atoms with Gasteiger partial charge in [0.1, 0.15) is 0 Å². The van der Waals surface area contributed by atoms with Gasteiger partial charge in [-0.25, -0.2) is 0 Å². The predicted molar refractivity (Wildman–Crippen MR) is 75.4 cm³/mol. The Balaban J connectivity index is 2.14. The molecule has 1 aromatic rings. The number of hydrogen-bond acceptors (Lipinski definition) is 4. The third-order valence-corrected chi connectivity index (χ3v) is 3.79. The van der Waals surface area contributed by atoms with Crippen LogP contribution in [0, 0.1) is 16.0 Å². The van der Waals surface area contributed by atoms with E-state index in [-0.39, 0.29) is 17.6 Å². The van der Waals surface area contributed by atoms with E-state index in [2.05, 4.69) is 0 Å². The van der Waals surface area contributed by atoms with Crippen LogP contribution in [-0.4, -0.2) is 34.9 Å². The smallest absolute Gasteiger partial charge is 0.270 e. The van der Waals surface area contributed by atoms with Gasteiger partial charge >= 0.3 is 0 Å². The molecule has 2 N–H and O–H groups in total. The predicted octanol–water partition coefficient (Wildman–Crippen LogP) is 1.79. The number of carbonyl (C=O) groups is 1. The van der Waals surface area contributed by atoms with E-state index in [1.165, 1.54) is 12.1 Å². The Bertz CT molecular complexity index is 516. The standard InChI is InChI=1S/C14H19N3O3/c1-10(15)12-5-3-7-16(9-12)14(18)11-4-2-6-13(8-11)17(19)20/h2,4,6,8,10,12H,3,5,7,9,15H2,1H3. The second-order valence-electron chi connectivity index (χ2n) is 5.32. The van der Waals surface area contributed by atoms with Crippen LogP contribution in [0.5, 0.6) is 0 Å². The van der Waals surface area contributed by atoms with Crippen LogP contribution in [0.1, 0.15) is 30.1 Å². The summed E-state index contributed by atoms with van der Waals surface area (Å²) in [6.45, 7) is 3.26. The minimum Gasteiger partial charge on any atom is -0.338 e. The van der Waals surface area contributed by atoms with E-state index < -0.39 is 4.92 Å². The van der Waals surface area contributed by atoms with E-state index in [0.717, 1.165) is 12.8 Å². The molecule has 0 saturated carbocycles. The fourth-order valence-corrected chi connectivity index (χ4v) is 2.56. The second-order valence-corrected chi connectivity index (χ2v) is 5.32. The van der Waals surface area contributed by atoms with Gasteiger partial charge in [-0.3, -0.25) is 14.9 Å². The van der Waals surface area contributed by atoms with Gasteiger partial charge in [0.25, 0.3) is 11.6 Å². The van der Waals surface area contributed by atoms with Crippen molar-refractivity contribution < 1.29 is 9.72 Å². The summed E-state index contributed by atoms with van der Waals surface area (Å²) in [6.07, 6.45) is 1.95. The highest BCUT2D eigenvalue weighted by atomic mass is 16.6. The molecule has 1 fully saturated rings. The van der Waals surface area contributed by atoms with Crippen LogP contribution in [0.15, 0.2) is 24.3 Å². The van der Waals surface area contributed by atoms with Crippen LogP contribution in [0.2, 0.25) is 0 Å². The summed E-state index contributed by atoms with van der Waals surface area (Å²) in [7, 11) is 0. The number of likely N-dealkylation sites (tertiary alicyclic amines) is 1. The summed E-state index contributed by atoms with van der Waals surface area (Å²) < 4.78 is 0. The number of amides is 1. The van der Waals surface area contributed by atoms with Crippen molar-refractivity contribution in [3.63, 3.8) is 0 Å². The molecule has 20 heavy (non-hydrogen) atoms. The zero-order valence-corrected chi connectivity index (χ0v) is 11.5. The van der Waals surface area contributed by atoms with E-state index in [0.29, 0.717) is 24.6 Å². The third-order valence-electron chi connectivity index (χ3n) is 3.79. The normalized spacial score (nSPS) is 20.5. The summed E-state index contributed by atoms with van der Waals surface area (Å²) in [4.78, 5) is 24.4. The van der Waals surface area contributed by atoms with Crippen LogP contribution >= 0.6 is 0 Å². The molecular weight excluding hydrogens is 258 g/mol. The number of nitrogens with zero attached hydrogens (tertiary/aromatic N) is 2. The van der Waals surface area contributed by atoms with Crippen molar-refractivity contribution in [1.82, 2.24) is 4.90 Å². The van der Waals surface area contributed by atoms with E-state index in [1.54, 1.807) is 17.0 Å². The molecule has 1 aliphatic heterocycles. The number of hydrogen-bond donors (Lipinski definition) is 1. The highest BCUT2D eigenvalue weighted by Gasteiger charge is 2.27. The van der Waals surface area contributed by atoms with Crippen LogP contribution in [0.4, 0.5) is 5.69 Å². The molecule has 1 amide bonds. The number of carbonyl (C=O) groups excluding carboxylic acids is 1. The maximum absolute atomic E-state index is 12.4. The van der Waals surface area contributed by atoms with Crippen LogP contribution in [0.25, 0.3) is 0 Å². The molecule has 0 bridgehead atoms. The summed E-state index contributed by atoms with van der Waals surface area (Å²) >= 11 is 0. The SMILES string of the molecule is CC(N)C1CCCN(C(=O)c2cccc([N+](=O)[O-])c2)C1. The van der Waals surface area contributed by atoms with Crippen molar-refractivity contribution in [3.05, 3.63) is 39.9 Å². The molecule has 2 atom stereocenters. The van der Waals surface area contributed by atoms with Gasteiger partial charge in [0.15, 0.2) is 0 Å². The first-order valence-electron chi connectivity index (χ1n) is 6.78. The Morgan fingerprint density at radius 1 is 1.55 bits per heavy atom. The minimum atomic E-state index is -0.488. The first-order valence-corrected chi connectivity index (χ1v) is 6.78. The maximum Gasteiger partial charge on any atom is 0.270 e. The number of rotatable bonds is 3. The lowest BCUT2D eigenvalue weighted by atomic mass is 9.92. The van der Waals surface area contributed by atoms with Gasteiger partial charge < -0.3 is 10.6 Å². The monoisotopic (exact) mass is 277 g/mol. The van der Waals surface area contributed by atoms with Crippen molar-refractivity contribution in [1.29, 1.82) is 0 Å². The largest absolute Gasteiger partial charge is 0.338 e. The van der Waals surface area contributed by atoms with Gasteiger partial charge in [0, 0.05) is 36.8 Å². The van der Waals surface area contributed by atoms with E-state index >= 15 is 0 Å². The zero-order chi connectivity index (χ0) is 14.7. The van der Waals surface area contributed by atoms with Crippen LogP contribution < -0.4 is 5.73 Å². The molecule has 1 saturated heterocycles. The molecule has 6 heteroatoms. The molecule has 0 aromatic heterocycles. The van der Waals surface area contributed by atoms with Gasteiger partial charge in [0.05, 0.1) is 4.92 Å². The Morgan fingerprint density at radius 2 is 2.30 bits per heavy atom.